The van der Waals surface area contributed by atoms with E-state index in [1.807, 2.05) is 0 Å². The normalized spacial score (nSPS) is 22.8. The molecule has 22 nitrogen and oxygen atoms in total. The van der Waals surface area contributed by atoms with E-state index in [4.69, 9.17) is 33.3 Å². The molecule has 0 bridgehead atoms. The zero-order valence-corrected chi connectivity index (χ0v) is 25.4. The summed E-state index contributed by atoms with van der Waals surface area (Å²) in [6.07, 6.45) is -7.46. The van der Waals surface area contributed by atoms with Gasteiger partial charge < -0.3 is 48.4 Å². The van der Waals surface area contributed by atoms with Crippen molar-refractivity contribution in [2.75, 3.05) is 24.6 Å². The van der Waals surface area contributed by atoms with Gasteiger partial charge in [0, 0.05) is 0 Å². The predicted octanol–water partition coefficient (Wildman–Crippen LogP) is -0.548. The first-order valence-electron chi connectivity index (χ1n) is 13.0. The number of aliphatic hydroxyl groups is 2. The summed E-state index contributed by atoms with van der Waals surface area (Å²) in [4.78, 5) is 70.7. The number of carbonyl (C=O) groups is 1. The van der Waals surface area contributed by atoms with E-state index in [0.717, 1.165) is 10.6 Å². The van der Waals surface area contributed by atoms with Gasteiger partial charge in [0.05, 0.1) is 30.2 Å². The highest BCUT2D eigenvalue weighted by molar-refractivity contribution is 7.70. The number of aliphatic hydroxyl groups excluding tert-OH is 2. The molecule has 250 valence electrons. The summed E-state index contributed by atoms with van der Waals surface area (Å²) in [5.74, 6) is -1.57. The van der Waals surface area contributed by atoms with Crippen LogP contribution in [0.3, 0.4) is 0 Å². The molecule has 1 aromatic carbocycles. The first kappa shape index (κ1) is 33.4. The number of aromatic nitrogens is 4. The lowest BCUT2D eigenvalue weighted by Gasteiger charge is -2.17. The van der Waals surface area contributed by atoms with Crippen LogP contribution in [0, 0.1) is 10.1 Å². The van der Waals surface area contributed by atoms with Gasteiger partial charge in [-0.05, 0) is 13.0 Å². The molecule has 4 heterocycles. The molecule has 7 N–H and O–H groups in total. The molecule has 24 heteroatoms. The predicted molar refractivity (Wildman–Crippen MR) is 148 cm³/mol. The zero-order valence-electron chi connectivity index (χ0n) is 23.7. The molecule has 6 atom stereocenters. The monoisotopic (exact) mass is 693 g/mol. The number of nitro groups is 1. The van der Waals surface area contributed by atoms with Crippen LogP contribution in [0.5, 0.6) is 11.5 Å². The summed E-state index contributed by atoms with van der Waals surface area (Å²) < 4.78 is 51.5. The van der Waals surface area contributed by atoms with Crippen molar-refractivity contribution < 1.29 is 71.8 Å². The first-order valence-corrected chi connectivity index (χ1v) is 16.6. The summed E-state index contributed by atoms with van der Waals surface area (Å²) in [7, 11) is -8.29. The van der Waals surface area contributed by atoms with Crippen LogP contribution >= 0.6 is 15.2 Å². The number of hydrogen-bond acceptors (Lipinski definition) is 14. The third-order valence-electron chi connectivity index (χ3n) is 6.85. The number of nitrogens with zero attached hydrogens (tertiary/aromatic N) is 4. The molecule has 2 unspecified atom stereocenters. The second-order valence-electron chi connectivity index (χ2n) is 10.2. The minimum atomic E-state index is -4.93. The Morgan fingerprint density at radius 2 is 1.93 bits per heavy atom. The molecule has 1 fully saturated rings. The molecule has 2 aliphatic rings. The van der Waals surface area contributed by atoms with Gasteiger partial charge in [0.15, 0.2) is 23.7 Å². The van der Waals surface area contributed by atoms with Crippen LogP contribution in [-0.2, 0) is 30.2 Å². The molecule has 0 spiro atoms. The van der Waals surface area contributed by atoms with E-state index in [0.29, 0.717) is 0 Å². The summed E-state index contributed by atoms with van der Waals surface area (Å²) in [6, 6.07) is 2.43. The third kappa shape index (κ3) is 6.89. The SMILES string of the molecule is CC(OC(=O)Nc1nc2c(c(=O)[nH]1)n(C)c[n+]2[C@@H]1O[C@H](COP(=O)(O)CP(=O)(O)O)[C@@H](O)[C@H]1O)c1cc2c(cc1[N+](=O)[O-])OCO2. The van der Waals surface area contributed by atoms with E-state index in [9.17, 15) is 43.9 Å². The lowest BCUT2D eigenvalue weighted by Crippen LogP contribution is -2.46. The molecule has 3 aromatic rings. The van der Waals surface area contributed by atoms with Crippen LogP contribution in [0.1, 0.15) is 24.8 Å². The van der Waals surface area contributed by atoms with Crippen LogP contribution in [0.25, 0.3) is 11.2 Å². The average Bonchev–Trinajstić information content (AvgIpc) is 3.61. The molecule has 5 rings (SSSR count). The van der Waals surface area contributed by atoms with Gasteiger partial charge in [0.1, 0.15) is 24.4 Å². The third-order valence-corrected chi connectivity index (χ3v) is 10.3. The minimum Gasteiger partial charge on any atom is -0.454 e. The molecular weight excluding hydrogens is 666 g/mol. The van der Waals surface area contributed by atoms with Gasteiger partial charge in [-0.15, -0.1) is 0 Å². The lowest BCUT2D eigenvalue weighted by atomic mass is 10.1. The van der Waals surface area contributed by atoms with Gasteiger partial charge in [-0.1, -0.05) is 4.98 Å². The number of carbonyl (C=O) groups excluding carboxylic acids is 1. The van der Waals surface area contributed by atoms with E-state index in [-0.39, 0.29) is 35.0 Å². The smallest absolute Gasteiger partial charge is 0.415 e. The standard InChI is InChI=1S/C22H26N6O16P2/c1-9(10-3-12-13(41-7-40-12)4-11(10)28(33)34)43-22(32)25-21-23-18-15(19(31)24-21)26(2)6-27(18)20-17(30)16(29)14(44-20)5-42-46(38,39)8-45(35,36)37/h3-4,6,9,14,16-17,20,29-30H,5,7-8H2,1-2H3,(H4-,23,24,25,31,32,35,36,37,38,39)/p+1/t9?,14-,16-,17-,20-/m1/s1. The second kappa shape index (κ2) is 12.3. The largest absolute Gasteiger partial charge is 0.454 e. The van der Waals surface area contributed by atoms with Crippen molar-refractivity contribution in [3.63, 3.8) is 0 Å². The fourth-order valence-electron chi connectivity index (χ4n) is 4.84. The Hall–Kier alpha value is -3.98. The number of aryl methyl sites for hydroxylation is 1. The van der Waals surface area contributed by atoms with Gasteiger partial charge >= 0.3 is 26.9 Å². The Bertz CT molecular complexity index is 1860. The molecular formula is C22H27N6O16P2+. The van der Waals surface area contributed by atoms with Crippen LogP contribution in [0.4, 0.5) is 16.4 Å². The Labute approximate surface area is 255 Å². The highest BCUT2D eigenvalue weighted by atomic mass is 31.2. The molecule has 46 heavy (non-hydrogen) atoms. The first-order chi connectivity index (χ1) is 21.4. The zero-order chi connectivity index (χ0) is 33.7. The lowest BCUT2D eigenvalue weighted by molar-refractivity contribution is -0.745. The summed E-state index contributed by atoms with van der Waals surface area (Å²) >= 11 is 0. The highest BCUT2D eigenvalue weighted by Gasteiger charge is 2.48. The van der Waals surface area contributed by atoms with E-state index in [1.165, 1.54) is 30.9 Å². The average molecular weight is 693 g/mol. The molecule has 2 aliphatic heterocycles. The highest BCUT2D eigenvalue weighted by Crippen LogP contribution is 2.55. The molecule has 0 saturated carbocycles. The maximum absolute atomic E-state index is 12.9. The maximum atomic E-state index is 12.9. The van der Waals surface area contributed by atoms with Crippen molar-refractivity contribution in [1.29, 1.82) is 0 Å². The minimum absolute atomic E-state index is 0.00838. The molecule has 0 radical (unpaired) electrons. The quantitative estimate of drug-likeness (QED) is 0.0606. The summed E-state index contributed by atoms with van der Waals surface area (Å²) in [6.45, 7) is 0.369. The Morgan fingerprint density at radius 3 is 2.59 bits per heavy atom. The van der Waals surface area contributed by atoms with E-state index >= 15 is 0 Å². The number of fused-ring (bicyclic) bond motifs is 2. The number of anilines is 1. The molecule has 1 saturated heterocycles. The van der Waals surface area contributed by atoms with Crippen molar-refractivity contribution in [1.82, 2.24) is 14.5 Å². The topological polar surface area (TPSA) is 308 Å². The fourth-order valence-corrected chi connectivity index (χ4v) is 7.41. The van der Waals surface area contributed by atoms with Crippen LogP contribution < -0.4 is 24.9 Å². The van der Waals surface area contributed by atoms with Crippen molar-refractivity contribution in [3.8, 4) is 11.5 Å². The Kier molecular flexibility index (Phi) is 8.94. The number of aromatic amines is 1. The van der Waals surface area contributed by atoms with Gasteiger partial charge in [0.2, 0.25) is 18.5 Å². The maximum Gasteiger partial charge on any atom is 0.415 e. The van der Waals surface area contributed by atoms with E-state index < -0.39 is 86.6 Å². The second-order valence-corrected chi connectivity index (χ2v) is 14.2. The van der Waals surface area contributed by atoms with E-state index in [1.54, 1.807) is 0 Å². The van der Waals surface area contributed by atoms with Crippen molar-refractivity contribution >= 4 is 44.1 Å². The van der Waals surface area contributed by atoms with Crippen molar-refractivity contribution in [3.05, 3.63) is 44.5 Å². The van der Waals surface area contributed by atoms with Gasteiger partial charge in [-0.25, -0.2) is 14.7 Å². The number of hydrogen-bond donors (Lipinski definition) is 7. The molecule has 0 aliphatic carbocycles. The fraction of sp³-hybridized carbons (Fsp3) is 0.455. The van der Waals surface area contributed by atoms with Crippen LogP contribution in [-0.4, -0.2) is 88.1 Å². The number of rotatable bonds is 10. The van der Waals surface area contributed by atoms with Crippen LogP contribution in [0.2, 0.25) is 0 Å². The van der Waals surface area contributed by atoms with Crippen LogP contribution in [0.15, 0.2) is 23.3 Å². The number of H-pyrrole nitrogens is 1. The van der Waals surface area contributed by atoms with Crippen molar-refractivity contribution in [2.45, 2.75) is 37.6 Å². The van der Waals surface area contributed by atoms with Gasteiger partial charge in [-0.3, -0.25) is 33.6 Å². The molecule has 1 amide bonds. The molecule has 2 aromatic heterocycles. The van der Waals surface area contributed by atoms with Crippen molar-refractivity contribution in [2.24, 2.45) is 7.05 Å². The number of nitrogens with one attached hydrogen (secondary N) is 2. The Balaban J connectivity index is 1.34. The van der Waals surface area contributed by atoms with Gasteiger partial charge in [0.25, 0.3) is 17.2 Å². The summed E-state index contributed by atoms with van der Waals surface area (Å²) in [5, 5.41) is 35.0. The van der Waals surface area contributed by atoms with E-state index in [2.05, 4.69) is 15.3 Å². The Morgan fingerprint density at radius 1 is 1.26 bits per heavy atom. The number of amides is 1. The number of imidazole rings is 1. The summed E-state index contributed by atoms with van der Waals surface area (Å²) in [5.41, 5.74) is -1.42. The number of nitro benzene ring substituents is 1. The number of benzene rings is 1. The van der Waals surface area contributed by atoms with Gasteiger partial charge in [-0.2, -0.15) is 0 Å². The number of ether oxygens (including phenoxy) is 4.